The molecule has 0 N–H and O–H groups in total. The molecule has 2 aromatic rings. The molecule has 1 aliphatic heterocycles. The zero-order valence-electron chi connectivity index (χ0n) is 12.7. The molecule has 6 heteroatoms. The van der Waals surface area contributed by atoms with E-state index >= 15 is 0 Å². The molecule has 25 heavy (non-hydrogen) atoms. The molecule has 0 aromatic heterocycles. The summed E-state index contributed by atoms with van der Waals surface area (Å²) >= 11 is 12.9. The molecule has 0 fully saturated rings. The number of nitriles is 1. The lowest BCUT2D eigenvalue weighted by Gasteiger charge is -1.99. The molecular weight excluding hydrogens is 375 g/mol. The van der Waals surface area contributed by atoms with Gasteiger partial charge in [-0.05, 0) is 47.5 Å². The third kappa shape index (κ3) is 4.40. The Morgan fingerprint density at radius 2 is 1.56 bits per heavy atom. The van der Waals surface area contributed by atoms with E-state index in [2.05, 4.69) is 11.1 Å². The van der Waals surface area contributed by atoms with Gasteiger partial charge in [0.05, 0.1) is 10.5 Å². The standard InChI is InChI=1S/C19H10Cl2N2OS/c20-15-5-1-12(2-6-15)9-14(11-22)19-23-18(24)17(25-19)10-13-3-7-16(21)8-4-13/h1-10H/b14-9-,17-10-. The lowest BCUT2D eigenvalue weighted by Crippen LogP contribution is -1.92. The average molecular weight is 385 g/mol. The normalized spacial score (nSPS) is 16.0. The summed E-state index contributed by atoms with van der Waals surface area (Å²) in [6, 6.07) is 16.3. The summed E-state index contributed by atoms with van der Waals surface area (Å²) in [4.78, 5) is 16.6. The molecule has 3 rings (SSSR count). The number of halogens is 2. The fraction of sp³-hybridized carbons (Fsp3) is 0. The van der Waals surface area contributed by atoms with Crippen LogP contribution in [0.4, 0.5) is 0 Å². The number of thioether (sulfide) groups is 1. The van der Waals surface area contributed by atoms with E-state index in [1.165, 1.54) is 11.8 Å². The minimum Gasteiger partial charge on any atom is -0.266 e. The van der Waals surface area contributed by atoms with E-state index in [-0.39, 0.29) is 5.91 Å². The Hall–Kier alpha value is -2.32. The van der Waals surface area contributed by atoms with Gasteiger partial charge in [-0.1, -0.05) is 59.2 Å². The summed E-state index contributed by atoms with van der Waals surface area (Å²) < 4.78 is 0. The van der Waals surface area contributed by atoms with Crippen molar-refractivity contribution in [1.82, 2.24) is 0 Å². The van der Waals surface area contributed by atoms with Crippen molar-refractivity contribution < 1.29 is 4.79 Å². The van der Waals surface area contributed by atoms with Crippen LogP contribution < -0.4 is 0 Å². The van der Waals surface area contributed by atoms with Crippen LogP contribution >= 0.6 is 35.0 Å². The molecule has 0 atom stereocenters. The molecule has 1 amide bonds. The van der Waals surface area contributed by atoms with Crippen molar-refractivity contribution in [3.05, 3.63) is 80.2 Å². The minimum atomic E-state index is -0.354. The molecule has 1 heterocycles. The summed E-state index contributed by atoms with van der Waals surface area (Å²) in [5.74, 6) is -0.354. The number of aliphatic imine (C=N–C) groups is 1. The fourth-order valence-electron chi connectivity index (χ4n) is 2.10. The number of carbonyl (C=O) groups is 1. The zero-order chi connectivity index (χ0) is 17.8. The molecule has 0 unspecified atom stereocenters. The number of carbonyl (C=O) groups excluding carboxylic acids is 1. The SMILES string of the molecule is N#C/C(=C/c1ccc(Cl)cc1)C1=NC(=O)/C(=C/c2ccc(Cl)cc2)S1. The van der Waals surface area contributed by atoms with Gasteiger partial charge in [-0.25, -0.2) is 4.99 Å². The molecular formula is C19H10Cl2N2OS. The highest BCUT2D eigenvalue weighted by molar-refractivity contribution is 8.19. The first kappa shape index (κ1) is 17.5. The first-order valence-electron chi connectivity index (χ1n) is 7.21. The Labute approximate surface area is 159 Å². The molecule has 0 bridgehead atoms. The van der Waals surface area contributed by atoms with Gasteiger partial charge in [-0.3, -0.25) is 4.79 Å². The van der Waals surface area contributed by atoms with Crippen LogP contribution in [0.3, 0.4) is 0 Å². The third-order valence-corrected chi connectivity index (χ3v) is 4.84. The van der Waals surface area contributed by atoms with Crippen molar-refractivity contribution in [2.45, 2.75) is 0 Å². The highest BCUT2D eigenvalue weighted by Crippen LogP contribution is 2.32. The van der Waals surface area contributed by atoms with Crippen LogP contribution in [-0.4, -0.2) is 11.0 Å². The van der Waals surface area contributed by atoms with E-state index in [0.29, 0.717) is 25.6 Å². The molecule has 3 nitrogen and oxygen atoms in total. The van der Waals surface area contributed by atoms with Gasteiger partial charge in [0.1, 0.15) is 11.1 Å². The second-order valence-electron chi connectivity index (χ2n) is 5.11. The minimum absolute atomic E-state index is 0.333. The smallest absolute Gasteiger partial charge is 0.266 e. The molecule has 0 aliphatic carbocycles. The van der Waals surface area contributed by atoms with E-state index in [4.69, 9.17) is 23.2 Å². The third-order valence-electron chi connectivity index (χ3n) is 3.32. The fourth-order valence-corrected chi connectivity index (χ4v) is 3.23. The summed E-state index contributed by atoms with van der Waals surface area (Å²) in [6.07, 6.45) is 3.41. The highest BCUT2D eigenvalue weighted by Gasteiger charge is 2.24. The van der Waals surface area contributed by atoms with Crippen molar-refractivity contribution in [2.24, 2.45) is 4.99 Å². The second-order valence-corrected chi connectivity index (χ2v) is 7.01. The maximum atomic E-state index is 12.1. The predicted molar refractivity (Wildman–Crippen MR) is 105 cm³/mol. The number of hydrogen-bond acceptors (Lipinski definition) is 3. The number of amides is 1. The largest absolute Gasteiger partial charge is 0.284 e. The summed E-state index contributed by atoms with van der Waals surface area (Å²) in [5.41, 5.74) is 1.99. The van der Waals surface area contributed by atoms with Crippen LogP contribution in [0.5, 0.6) is 0 Å². The second kappa shape index (κ2) is 7.71. The van der Waals surface area contributed by atoms with Crippen LogP contribution in [0, 0.1) is 11.3 Å². The Bertz CT molecular complexity index is 952. The maximum absolute atomic E-state index is 12.1. The van der Waals surface area contributed by atoms with E-state index in [0.717, 1.165) is 11.1 Å². The van der Waals surface area contributed by atoms with Crippen LogP contribution in [0.25, 0.3) is 12.2 Å². The van der Waals surface area contributed by atoms with Crippen molar-refractivity contribution >= 4 is 58.1 Å². The monoisotopic (exact) mass is 384 g/mol. The predicted octanol–water partition coefficient (Wildman–Crippen LogP) is 5.61. The highest BCUT2D eigenvalue weighted by atomic mass is 35.5. The Morgan fingerprint density at radius 1 is 1.00 bits per heavy atom. The zero-order valence-corrected chi connectivity index (χ0v) is 15.1. The van der Waals surface area contributed by atoms with Crippen molar-refractivity contribution in [3.63, 3.8) is 0 Å². The van der Waals surface area contributed by atoms with Gasteiger partial charge in [-0.15, -0.1) is 0 Å². The van der Waals surface area contributed by atoms with Gasteiger partial charge in [0.25, 0.3) is 5.91 Å². The molecule has 0 radical (unpaired) electrons. The van der Waals surface area contributed by atoms with E-state index in [1.807, 2.05) is 12.1 Å². The van der Waals surface area contributed by atoms with E-state index < -0.39 is 0 Å². The summed E-state index contributed by atoms with van der Waals surface area (Å²) in [7, 11) is 0. The van der Waals surface area contributed by atoms with E-state index in [1.54, 1.807) is 48.6 Å². The first-order chi connectivity index (χ1) is 12.0. The van der Waals surface area contributed by atoms with Crippen LogP contribution in [0.2, 0.25) is 10.0 Å². The Morgan fingerprint density at radius 3 is 2.12 bits per heavy atom. The molecule has 0 spiro atoms. The Balaban J connectivity index is 1.85. The van der Waals surface area contributed by atoms with Crippen LogP contribution in [0.15, 0.2) is 64.0 Å². The number of rotatable bonds is 3. The van der Waals surface area contributed by atoms with Crippen molar-refractivity contribution in [3.8, 4) is 6.07 Å². The lowest BCUT2D eigenvalue weighted by molar-refractivity contribution is -0.113. The van der Waals surface area contributed by atoms with Gasteiger partial charge in [0.15, 0.2) is 0 Å². The molecule has 0 saturated heterocycles. The van der Waals surface area contributed by atoms with Gasteiger partial charge in [0.2, 0.25) is 0 Å². The van der Waals surface area contributed by atoms with Crippen LogP contribution in [-0.2, 0) is 4.79 Å². The molecule has 0 saturated carbocycles. The topological polar surface area (TPSA) is 53.2 Å². The van der Waals surface area contributed by atoms with Crippen molar-refractivity contribution in [2.75, 3.05) is 0 Å². The van der Waals surface area contributed by atoms with Gasteiger partial charge >= 0.3 is 0 Å². The summed E-state index contributed by atoms with van der Waals surface area (Å²) in [5, 5.41) is 11.0. The average Bonchev–Trinajstić information content (AvgIpc) is 2.97. The quantitative estimate of drug-likeness (QED) is 0.510. The molecule has 122 valence electrons. The van der Waals surface area contributed by atoms with Gasteiger partial charge < -0.3 is 0 Å². The number of benzene rings is 2. The van der Waals surface area contributed by atoms with Gasteiger partial charge in [-0.2, -0.15) is 5.26 Å². The van der Waals surface area contributed by atoms with E-state index in [9.17, 15) is 10.1 Å². The van der Waals surface area contributed by atoms with Crippen molar-refractivity contribution in [1.29, 1.82) is 5.26 Å². The van der Waals surface area contributed by atoms with Crippen LogP contribution in [0.1, 0.15) is 11.1 Å². The molecule has 2 aromatic carbocycles. The number of nitrogens with zero attached hydrogens (tertiary/aromatic N) is 2. The number of hydrogen-bond donors (Lipinski definition) is 0. The maximum Gasteiger partial charge on any atom is 0.284 e. The van der Waals surface area contributed by atoms with Gasteiger partial charge in [0, 0.05) is 10.0 Å². The summed E-state index contributed by atoms with van der Waals surface area (Å²) in [6.45, 7) is 0. The molecule has 1 aliphatic rings. The Kier molecular flexibility index (Phi) is 5.40. The lowest BCUT2D eigenvalue weighted by atomic mass is 10.1. The first-order valence-corrected chi connectivity index (χ1v) is 8.78.